The topological polar surface area (TPSA) is 41.6 Å². The SMILES string of the molecule is CCCCOC1(Nc2ccccc2C(C)=O)CCCN(C)C1. The molecule has 1 unspecified atom stereocenters. The van der Waals surface area contributed by atoms with Crippen LogP contribution < -0.4 is 5.32 Å². The van der Waals surface area contributed by atoms with Gasteiger partial charge in [0.1, 0.15) is 0 Å². The number of rotatable bonds is 7. The van der Waals surface area contributed by atoms with Gasteiger partial charge in [0, 0.05) is 24.4 Å². The van der Waals surface area contributed by atoms with E-state index in [2.05, 4.69) is 24.2 Å². The highest BCUT2D eigenvalue weighted by Gasteiger charge is 2.35. The van der Waals surface area contributed by atoms with Crippen LogP contribution in [0.5, 0.6) is 0 Å². The lowest BCUT2D eigenvalue weighted by Crippen LogP contribution is -2.54. The van der Waals surface area contributed by atoms with Crippen molar-refractivity contribution in [1.82, 2.24) is 4.90 Å². The lowest BCUT2D eigenvalue weighted by atomic mass is 9.99. The molecule has 1 N–H and O–H groups in total. The number of anilines is 1. The maximum Gasteiger partial charge on any atom is 0.161 e. The number of hydrogen-bond donors (Lipinski definition) is 1. The van der Waals surface area contributed by atoms with Gasteiger partial charge < -0.3 is 15.0 Å². The van der Waals surface area contributed by atoms with Gasteiger partial charge in [-0.1, -0.05) is 25.5 Å². The summed E-state index contributed by atoms with van der Waals surface area (Å²) >= 11 is 0. The van der Waals surface area contributed by atoms with Crippen LogP contribution in [0.1, 0.15) is 49.9 Å². The third-order valence-electron chi connectivity index (χ3n) is 4.19. The summed E-state index contributed by atoms with van der Waals surface area (Å²) in [4.78, 5) is 14.1. The number of nitrogens with zero attached hydrogens (tertiary/aromatic N) is 1. The summed E-state index contributed by atoms with van der Waals surface area (Å²) in [5.74, 6) is 0.0796. The van der Waals surface area contributed by atoms with Crippen LogP contribution in [0, 0.1) is 0 Å². The molecule has 4 nitrogen and oxygen atoms in total. The number of benzene rings is 1. The van der Waals surface area contributed by atoms with Gasteiger partial charge >= 0.3 is 0 Å². The molecule has 4 heteroatoms. The molecule has 0 radical (unpaired) electrons. The Morgan fingerprint density at radius 3 is 2.86 bits per heavy atom. The Morgan fingerprint density at radius 2 is 2.18 bits per heavy atom. The number of carbonyl (C=O) groups is 1. The van der Waals surface area contributed by atoms with Crippen molar-refractivity contribution in [3.63, 3.8) is 0 Å². The van der Waals surface area contributed by atoms with Crippen molar-refractivity contribution < 1.29 is 9.53 Å². The number of unbranched alkanes of at least 4 members (excludes halogenated alkanes) is 1. The Labute approximate surface area is 133 Å². The lowest BCUT2D eigenvalue weighted by Gasteiger charge is -2.42. The van der Waals surface area contributed by atoms with Crippen molar-refractivity contribution in [3.8, 4) is 0 Å². The first kappa shape index (κ1) is 17.0. The molecule has 1 aliphatic heterocycles. The second-order valence-electron chi connectivity index (χ2n) is 6.26. The van der Waals surface area contributed by atoms with Crippen LogP contribution in [-0.4, -0.2) is 43.2 Å². The lowest BCUT2D eigenvalue weighted by molar-refractivity contribution is -0.0664. The molecule has 1 aromatic rings. The van der Waals surface area contributed by atoms with Crippen LogP contribution in [0.15, 0.2) is 24.3 Å². The van der Waals surface area contributed by atoms with E-state index in [4.69, 9.17) is 4.74 Å². The summed E-state index contributed by atoms with van der Waals surface area (Å²) in [6.45, 7) is 6.46. The fourth-order valence-corrected chi connectivity index (χ4v) is 3.04. The Morgan fingerprint density at radius 1 is 1.41 bits per heavy atom. The molecule has 1 aliphatic rings. The van der Waals surface area contributed by atoms with Crippen LogP contribution >= 0.6 is 0 Å². The number of ether oxygens (including phenoxy) is 1. The molecule has 0 aromatic heterocycles. The van der Waals surface area contributed by atoms with E-state index in [1.54, 1.807) is 6.92 Å². The van der Waals surface area contributed by atoms with Gasteiger partial charge in [-0.3, -0.25) is 4.79 Å². The standard InChI is InChI=1S/C18H28N2O2/c1-4-5-13-22-18(11-8-12-20(3)14-18)19-17-10-7-6-9-16(17)15(2)21/h6-7,9-10,19H,4-5,8,11-14H2,1-3H3. The predicted molar refractivity (Wildman–Crippen MR) is 90.4 cm³/mol. The van der Waals surface area contributed by atoms with E-state index < -0.39 is 5.72 Å². The third kappa shape index (κ3) is 4.31. The molecule has 2 rings (SSSR count). The highest BCUT2D eigenvalue weighted by atomic mass is 16.5. The molecule has 0 spiro atoms. The number of carbonyl (C=O) groups excluding carboxylic acids is 1. The molecular weight excluding hydrogens is 276 g/mol. The summed E-state index contributed by atoms with van der Waals surface area (Å²) in [6, 6.07) is 7.70. The zero-order valence-electron chi connectivity index (χ0n) is 14.0. The van der Waals surface area contributed by atoms with Gasteiger partial charge in [-0.25, -0.2) is 0 Å². The number of para-hydroxylation sites is 1. The number of hydrogen-bond acceptors (Lipinski definition) is 4. The molecular formula is C18H28N2O2. The van der Waals surface area contributed by atoms with E-state index in [0.29, 0.717) is 0 Å². The fraction of sp³-hybridized carbons (Fsp3) is 0.611. The first-order valence-electron chi connectivity index (χ1n) is 8.27. The second kappa shape index (κ2) is 7.75. The Kier molecular flexibility index (Phi) is 5.98. The minimum Gasteiger partial charge on any atom is -0.356 e. The zero-order chi connectivity index (χ0) is 16.0. The number of nitrogens with one attached hydrogen (secondary N) is 1. The van der Waals surface area contributed by atoms with Crippen molar-refractivity contribution in [2.45, 2.75) is 45.3 Å². The molecule has 0 amide bonds. The number of likely N-dealkylation sites (tertiary alicyclic amines) is 1. The van der Waals surface area contributed by atoms with Gasteiger partial charge in [-0.15, -0.1) is 0 Å². The fourth-order valence-electron chi connectivity index (χ4n) is 3.04. The van der Waals surface area contributed by atoms with Crippen molar-refractivity contribution in [2.75, 3.05) is 32.1 Å². The summed E-state index contributed by atoms with van der Waals surface area (Å²) in [6.07, 6.45) is 4.24. The van der Waals surface area contributed by atoms with Gasteiger partial charge in [-0.2, -0.15) is 0 Å². The van der Waals surface area contributed by atoms with Crippen molar-refractivity contribution in [3.05, 3.63) is 29.8 Å². The van der Waals surface area contributed by atoms with Crippen molar-refractivity contribution in [2.24, 2.45) is 0 Å². The largest absolute Gasteiger partial charge is 0.356 e. The Balaban J connectivity index is 2.20. The highest BCUT2D eigenvalue weighted by Crippen LogP contribution is 2.29. The Hall–Kier alpha value is -1.39. The monoisotopic (exact) mass is 304 g/mol. The molecule has 1 fully saturated rings. The van der Waals surface area contributed by atoms with E-state index in [9.17, 15) is 4.79 Å². The van der Waals surface area contributed by atoms with Gasteiger partial charge in [0.15, 0.2) is 11.5 Å². The normalized spacial score (nSPS) is 22.5. The van der Waals surface area contributed by atoms with E-state index in [-0.39, 0.29) is 5.78 Å². The maximum absolute atomic E-state index is 11.8. The molecule has 1 aromatic carbocycles. The molecule has 22 heavy (non-hydrogen) atoms. The quantitative estimate of drug-likeness (QED) is 0.475. The van der Waals surface area contributed by atoms with Crippen molar-refractivity contribution >= 4 is 11.5 Å². The number of Topliss-reactive ketones (excluding diaryl/α,β-unsaturated/α-hetero) is 1. The summed E-state index contributed by atoms with van der Waals surface area (Å²) in [7, 11) is 2.12. The van der Waals surface area contributed by atoms with Crippen LogP contribution in [0.25, 0.3) is 0 Å². The summed E-state index contributed by atoms with van der Waals surface area (Å²) < 4.78 is 6.26. The van der Waals surface area contributed by atoms with Crippen LogP contribution in [0.2, 0.25) is 0 Å². The number of ketones is 1. The molecule has 1 saturated heterocycles. The van der Waals surface area contributed by atoms with Crippen LogP contribution in [-0.2, 0) is 4.74 Å². The highest BCUT2D eigenvalue weighted by molar-refractivity contribution is 5.99. The van der Waals surface area contributed by atoms with Gasteiger partial charge in [0.25, 0.3) is 0 Å². The van der Waals surface area contributed by atoms with Gasteiger partial charge in [0.05, 0.1) is 0 Å². The van der Waals surface area contributed by atoms with Crippen LogP contribution in [0.4, 0.5) is 5.69 Å². The molecule has 0 saturated carbocycles. The first-order chi connectivity index (χ1) is 10.6. The van der Waals surface area contributed by atoms with Gasteiger partial charge in [-0.05, 0) is 51.9 Å². The van der Waals surface area contributed by atoms with Gasteiger partial charge in [0.2, 0.25) is 0 Å². The smallest absolute Gasteiger partial charge is 0.161 e. The predicted octanol–water partition coefficient (Wildman–Crippen LogP) is 3.54. The average Bonchev–Trinajstić information content (AvgIpc) is 2.48. The minimum absolute atomic E-state index is 0.0796. The first-order valence-corrected chi connectivity index (χ1v) is 8.27. The Bertz CT molecular complexity index is 504. The van der Waals surface area contributed by atoms with E-state index >= 15 is 0 Å². The maximum atomic E-state index is 11.8. The van der Waals surface area contributed by atoms with E-state index in [1.807, 2.05) is 24.3 Å². The van der Waals surface area contributed by atoms with E-state index in [1.165, 1.54) is 0 Å². The minimum atomic E-state index is -0.395. The summed E-state index contributed by atoms with van der Waals surface area (Å²) in [5.41, 5.74) is 1.21. The molecule has 122 valence electrons. The molecule has 0 aliphatic carbocycles. The summed E-state index contributed by atoms with van der Waals surface area (Å²) in [5, 5.41) is 3.55. The van der Waals surface area contributed by atoms with E-state index in [0.717, 1.165) is 56.6 Å². The molecule has 1 atom stereocenters. The average molecular weight is 304 g/mol. The number of piperidine rings is 1. The molecule has 0 bridgehead atoms. The van der Waals surface area contributed by atoms with Crippen molar-refractivity contribution in [1.29, 1.82) is 0 Å². The molecule has 1 heterocycles. The number of likely N-dealkylation sites (N-methyl/N-ethyl adjacent to an activating group) is 1. The second-order valence-corrected chi connectivity index (χ2v) is 6.26. The van der Waals surface area contributed by atoms with Crippen LogP contribution in [0.3, 0.4) is 0 Å². The zero-order valence-corrected chi connectivity index (χ0v) is 14.0. The third-order valence-corrected chi connectivity index (χ3v) is 4.19.